The highest BCUT2D eigenvalue weighted by Crippen LogP contribution is 2.34. The number of fused-ring (bicyclic) bond motifs is 1. The van der Waals surface area contributed by atoms with Crippen molar-refractivity contribution in [1.82, 2.24) is 5.32 Å². The van der Waals surface area contributed by atoms with E-state index in [0.29, 0.717) is 49.8 Å². The molecule has 0 fully saturated rings. The van der Waals surface area contributed by atoms with E-state index in [-0.39, 0.29) is 10.9 Å². The van der Waals surface area contributed by atoms with Crippen molar-refractivity contribution < 1.29 is 23.2 Å². The van der Waals surface area contributed by atoms with Gasteiger partial charge in [-0.1, -0.05) is 47.5 Å². The van der Waals surface area contributed by atoms with Crippen LogP contribution < -0.4 is 20.7 Å². The number of benzene rings is 3. The lowest BCUT2D eigenvalue weighted by Crippen LogP contribution is -2.32. The standard InChI is InChI=1S/C30H21Cl2N3O5S/c1-38-25-16-18(9-12-22(25)34-29(37)26-15-17-5-2-3-8-23(17)40-26)33-30(41)35-27(36)14-11-19-10-13-24(39-19)20-6-4-7-21(31)28(20)32/h2-16H,1H3,(H,34,37)(H2,33,35,36,41). The molecular weight excluding hydrogens is 585 g/mol. The summed E-state index contributed by atoms with van der Waals surface area (Å²) in [5.74, 6) is 0.612. The minimum atomic E-state index is -0.470. The number of amides is 2. The number of nitrogens with one attached hydrogen (secondary N) is 3. The van der Waals surface area contributed by atoms with Crippen molar-refractivity contribution in [2.75, 3.05) is 17.7 Å². The Balaban J connectivity index is 1.18. The van der Waals surface area contributed by atoms with Crippen LogP contribution in [0.3, 0.4) is 0 Å². The van der Waals surface area contributed by atoms with E-state index in [1.165, 1.54) is 19.3 Å². The molecule has 5 aromatic rings. The Kier molecular flexibility index (Phi) is 8.39. The fourth-order valence-corrected chi connectivity index (χ4v) is 4.52. The molecule has 2 aromatic heterocycles. The second-order valence-electron chi connectivity index (χ2n) is 8.60. The van der Waals surface area contributed by atoms with E-state index in [9.17, 15) is 9.59 Å². The molecule has 2 heterocycles. The maximum Gasteiger partial charge on any atom is 0.291 e. The smallest absolute Gasteiger partial charge is 0.291 e. The Bertz CT molecular complexity index is 1780. The van der Waals surface area contributed by atoms with Gasteiger partial charge in [0.25, 0.3) is 5.91 Å². The molecule has 41 heavy (non-hydrogen) atoms. The number of thiocarbonyl (C=S) groups is 1. The van der Waals surface area contributed by atoms with Gasteiger partial charge in [-0.25, -0.2) is 0 Å². The van der Waals surface area contributed by atoms with Crippen molar-refractivity contribution >= 4 is 80.8 Å². The Hall–Kier alpha value is -4.57. The van der Waals surface area contributed by atoms with Crippen LogP contribution in [0.25, 0.3) is 28.4 Å². The zero-order chi connectivity index (χ0) is 28.9. The van der Waals surface area contributed by atoms with Gasteiger partial charge >= 0.3 is 0 Å². The number of ether oxygens (including phenoxy) is 1. The fourth-order valence-electron chi connectivity index (χ4n) is 3.90. The number of methoxy groups -OCH3 is 1. The molecule has 3 N–H and O–H groups in total. The van der Waals surface area contributed by atoms with Gasteiger partial charge in [-0.05, 0) is 66.8 Å². The van der Waals surface area contributed by atoms with Gasteiger partial charge in [0.15, 0.2) is 10.9 Å². The maximum absolute atomic E-state index is 12.7. The van der Waals surface area contributed by atoms with E-state index in [0.717, 1.165) is 5.39 Å². The molecule has 0 unspecified atom stereocenters. The van der Waals surface area contributed by atoms with E-state index < -0.39 is 11.8 Å². The van der Waals surface area contributed by atoms with E-state index >= 15 is 0 Å². The third-order valence-corrected chi connectivity index (χ3v) is 6.86. The van der Waals surface area contributed by atoms with Crippen LogP contribution in [-0.4, -0.2) is 24.0 Å². The molecule has 0 aliphatic heterocycles. The maximum atomic E-state index is 12.7. The van der Waals surface area contributed by atoms with Crippen LogP contribution in [0.15, 0.2) is 93.8 Å². The lowest BCUT2D eigenvalue weighted by Gasteiger charge is -2.13. The molecule has 0 aliphatic carbocycles. The van der Waals surface area contributed by atoms with Crippen molar-refractivity contribution in [1.29, 1.82) is 0 Å². The summed E-state index contributed by atoms with van der Waals surface area (Å²) in [6, 6.07) is 22.6. The van der Waals surface area contributed by atoms with Crippen LogP contribution in [0, 0.1) is 0 Å². The number of hydrogen-bond donors (Lipinski definition) is 3. The monoisotopic (exact) mass is 605 g/mol. The molecule has 11 heteroatoms. The second-order valence-corrected chi connectivity index (χ2v) is 9.79. The van der Waals surface area contributed by atoms with E-state index in [2.05, 4.69) is 16.0 Å². The van der Waals surface area contributed by atoms with Crippen LogP contribution in [0.1, 0.15) is 16.3 Å². The molecule has 2 amide bonds. The number of para-hydroxylation sites is 1. The van der Waals surface area contributed by atoms with Gasteiger partial charge in [0.05, 0.1) is 22.8 Å². The van der Waals surface area contributed by atoms with Crippen LogP contribution >= 0.6 is 35.4 Å². The Morgan fingerprint density at radius 3 is 2.56 bits per heavy atom. The predicted octanol–water partition coefficient (Wildman–Crippen LogP) is 7.79. The lowest BCUT2D eigenvalue weighted by atomic mass is 10.2. The van der Waals surface area contributed by atoms with Crippen molar-refractivity contribution in [2.45, 2.75) is 0 Å². The molecule has 0 radical (unpaired) electrons. The molecule has 5 rings (SSSR count). The largest absolute Gasteiger partial charge is 0.494 e. The normalized spacial score (nSPS) is 11.0. The zero-order valence-electron chi connectivity index (χ0n) is 21.4. The molecule has 0 saturated heterocycles. The summed E-state index contributed by atoms with van der Waals surface area (Å²) < 4.78 is 16.8. The van der Waals surface area contributed by atoms with E-state index in [4.69, 9.17) is 49.0 Å². The highest BCUT2D eigenvalue weighted by Gasteiger charge is 2.15. The summed E-state index contributed by atoms with van der Waals surface area (Å²) in [5, 5.41) is 9.94. The summed E-state index contributed by atoms with van der Waals surface area (Å²) in [6.45, 7) is 0. The van der Waals surface area contributed by atoms with E-state index in [1.54, 1.807) is 60.7 Å². The Morgan fingerprint density at radius 1 is 0.927 bits per heavy atom. The number of halogens is 2. The second kappa shape index (κ2) is 12.3. The lowest BCUT2D eigenvalue weighted by molar-refractivity contribution is -0.115. The zero-order valence-corrected chi connectivity index (χ0v) is 23.7. The summed E-state index contributed by atoms with van der Waals surface area (Å²) in [6.07, 6.45) is 2.79. The first-order chi connectivity index (χ1) is 19.8. The minimum Gasteiger partial charge on any atom is -0.494 e. The third kappa shape index (κ3) is 6.60. The summed E-state index contributed by atoms with van der Waals surface area (Å²) in [4.78, 5) is 25.1. The fraction of sp³-hybridized carbons (Fsp3) is 0.0333. The average molecular weight is 606 g/mol. The minimum absolute atomic E-state index is 0.0617. The SMILES string of the molecule is COc1cc(NC(=S)NC(=O)C=Cc2ccc(-c3cccc(Cl)c3Cl)o2)ccc1NC(=O)c1cc2ccccc2o1. The van der Waals surface area contributed by atoms with Gasteiger partial charge in [0.2, 0.25) is 5.91 Å². The molecule has 8 nitrogen and oxygen atoms in total. The van der Waals surface area contributed by atoms with Gasteiger partial charge in [-0.2, -0.15) is 0 Å². The van der Waals surface area contributed by atoms with Crippen molar-refractivity contribution in [3.05, 3.63) is 107 Å². The topological polar surface area (TPSA) is 106 Å². The first-order valence-electron chi connectivity index (χ1n) is 12.1. The van der Waals surface area contributed by atoms with Gasteiger partial charge in [-0.15, -0.1) is 0 Å². The Labute approximate surface area is 249 Å². The summed E-state index contributed by atoms with van der Waals surface area (Å²) in [7, 11) is 1.47. The van der Waals surface area contributed by atoms with Crippen LogP contribution in [0.4, 0.5) is 11.4 Å². The van der Waals surface area contributed by atoms with Crippen LogP contribution in [-0.2, 0) is 4.79 Å². The quantitative estimate of drug-likeness (QED) is 0.128. The van der Waals surface area contributed by atoms with Gasteiger partial charge < -0.3 is 24.2 Å². The number of hydrogen-bond acceptors (Lipinski definition) is 6. The molecule has 206 valence electrons. The van der Waals surface area contributed by atoms with Gasteiger partial charge in [0.1, 0.15) is 22.9 Å². The Morgan fingerprint density at radius 2 is 1.76 bits per heavy atom. The van der Waals surface area contributed by atoms with Crippen molar-refractivity contribution in [3.8, 4) is 17.1 Å². The number of carbonyl (C=O) groups is 2. The molecule has 0 spiro atoms. The summed E-state index contributed by atoms with van der Waals surface area (Å²) in [5.41, 5.74) is 2.22. The molecule has 0 aliphatic rings. The molecule has 0 atom stereocenters. The van der Waals surface area contributed by atoms with Crippen LogP contribution in [0.2, 0.25) is 10.0 Å². The first kappa shape index (κ1) is 28.0. The highest BCUT2D eigenvalue weighted by atomic mass is 35.5. The molecular formula is C30H21Cl2N3O5S. The third-order valence-electron chi connectivity index (χ3n) is 5.84. The van der Waals surface area contributed by atoms with Gasteiger partial charge in [0, 0.05) is 28.8 Å². The van der Waals surface area contributed by atoms with Crippen LogP contribution in [0.5, 0.6) is 5.75 Å². The van der Waals surface area contributed by atoms with Gasteiger partial charge in [-0.3, -0.25) is 14.9 Å². The molecule has 0 saturated carbocycles. The van der Waals surface area contributed by atoms with Crippen molar-refractivity contribution in [3.63, 3.8) is 0 Å². The first-order valence-corrected chi connectivity index (χ1v) is 13.3. The number of furan rings is 2. The molecule has 0 bridgehead atoms. The number of anilines is 2. The highest BCUT2D eigenvalue weighted by molar-refractivity contribution is 7.80. The predicted molar refractivity (Wildman–Crippen MR) is 165 cm³/mol. The number of carbonyl (C=O) groups excluding carboxylic acids is 2. The average Bonchev–Trinajstić information content (AvgIpc) is 3.61. The van der Waals surface area contributed by atoms with Crippen molar-refractivity contribution in [2.24, 2.45) is 0 Å². The van der Waals surface area contributed by atoms with E-state index in [1.807, 2.05) is 18.2 Å². The number of rotatable bonds is 7. The molecule has 3 aromatic carbocycles. The summed E-state index contributed by atoms with van der Waals surface area (Å²) >= 11 is 17.6.